The van der Waals surface area contributed by atoms with Gasteiger partial charge in [-0.25, -0.2) is 14.4 Å². The van der Waals surface area contributed by atoms with Crippen molar-refractivity contribution in [2.45, 2.75) is 6.54 Å². The van der Waals surface area contributed by atoms with Crippen LogP contribution < -0.4 is 5.73 Å². The summed E-state index contributed by atoms with van der Waals surface area (Å²) in [6.07, 6.45) is 1.72. The second-order valence-corrected chi connectivity index (χ2v) is 5.12. The fourth-order valence-electron chi connectivity index (χ4n) is 1.77. The number of fused-ring (bicyclic) bond motifs is 1. The zero-order valence-electron chi connectivity index (χ0n) is 9.10. The Morgan fingerprint density at radius 2 is 2.28 bits per heavy atom. The number of nitrogen functional groups attached to an aromatic ring is 1. The van der Waals surface area contributed by atoms with Gasteiger partial charge in [0.05, 0.1) is 22.6 Å². The van der Waals surface area contributed by atoms with Crippen molar-refractivity contribution in [3.8, 4) is 0 Å². The van der Waals surface area contributed by atoms with Crippen molar-refractivity contribution in [2.75, 3.05) is 5.73 Å². The molecule has 1 aromatic carbocycles. The van der Waals surface area contributed by atoms with Gasteiger partial charge in [0, 0.05) is 17.6 Å². The van der Waals surface area contributed by atoms with E-state index in [4.69, 9.17) is 17.3 Å². The fraction of sp³-hybridized carbons (Fsp3) is 0.0909. The van der Waals surface area contributed by atoms with Crippen molar-refractivity contribution in [3.63, 3.8) is 0 Å². The Kier molecular flexibility index (Phi) is 2.68. The van der Waals surface area contributed by atoms with E-state index in [9.17, 15) is 4.39 Å². The molecule has 2 heterocycles. The van der Waals surface area contributed by atoms with Crippen LogP contribution in [0.3, 0.4) is 0 Å². The summed E-state index contributed by atoms with van der Waals surface area (Å²) in [5.41, 5.74) is 7.03. The van der Waals surface area contributed by atoms with Crippen LogP contribution in [0.15, 0.2) is 23.7 Å². The van der Waals surface area contributed by atoms with Crippen molar-refractivity contribution >= 4 is 39.9 Å². The maximum atomic E-state index is 13.3. The lowest BCUT2D eigenvalue weighted by atomic mass is 10.3. The zero-order valence-corrected chi connectivity index (χ0v) is 10.7. The van der Waals surface area contributed by atoms with Crippen LogP contribution in [0.1, 0.15) is 5.01 Å². The molecule has 3 aromatic rings. The summed E-state index contributed by atoms with van der Waals surface area (Å²) in [5.74, 6) is -0.176. The van der Waals surface area contributed by atoms with E-state index in [1.165, 1.54) is 23.5 Å². The predicted octanol–water partition coefficient (Wildman–Crippen LogP) is 2.92. The van der Waals surface area contributed by atoms with Gasteiger partial charge in [-0.3, -0.25) is 0 Å². The average Bonchev–Trinajstić information content (AvgIpc) is 2.92. The van der Waals surface area contributed by atoms with Crippen LogP contribution >= 0.6 is 22.9 Å². The molecule has 0 aliphatic rings. The molecule has 92 valence electrons. The van der Waals surface area contributed by atoms with Gasteiger partial charge in [0.15, 0.2) is 0 Å². The highest BCUT2D eigenvalue weighted by Gasteiger charge is 2.12. The van der Waals surface area contributed by atoms with Gasteiger partial charge in [-0.15, -0.1) is 11.3 Å². The number of aromatic nitrogens is 3. The molecule has 2 aromatic heterocycles. The summed E-state index contributed by atoms with van der Waals surface area (Å²) in [7, 11) is 0. The number of benzene rings is 1. The molecule has 0 saturated carbocycles. The van der Waals surface area contributed by atoms with E-state index >= 15 is 0 Å². The highest BCUT2D eigenvalue weighted by molar-refractivity contribution is 7.09. The molecule has 0 amide bonds. The number of rotatable bonds is 2. The third-order valence-corrected chi connectivity index (χ3v) is 3.65. The molecule has 0 saturated heterocycles. The second-order valence-electron chi connectivity index (χ2n) is 3.74. The topological polar surface area (TPSA) is 56.7 Å². The summed E-state index contributed by atoms with van der Waals surface area (Å²) in [4.78, 5) is 8.30. The SMILES string of the molecule is Nc1nc2cc(F)c(Cl)cc2n1Cc1nccs1. The van der Waals surface area contributed by atoms with Gasteiger partial charge in [0.1, 0.15) is 10.8 Å². The Morgan fingerprint density at radius 3 is 3.00 bits per heavy atom. The number of nitrogens with two attached hydrogens (primary N) is 1. The van der Waals surface area contributed by atoms with E-state index in [2.05, 4.69) is 9.97 Å². The van der Waals surface area contributed by atoms with Crippen LogP contribution in [0, 0.1) is 5.82 Å². The summed E-state index contributed by atoms with van der Waals surface area (Å²) in [6, 6.07) is 2.82. The first-order valence-corrected chi connectivity index (χ1v) is 6.40. The highest BCUT2D eigenvalue weighted by atomic mass is 35.5. The Balaban J connectivity index is 2.16. The number of imidazole rings is 1. The Morgan fingerprint density at radius 1 is 1.44 bits per heavy atom. The van der Waals surface area contributed by atoms with Gasteiger partial charge >= 0.3 is 0 Å². The summed E-state index contributed by atoms with van der Waals surface area (Å²) in [6.45, 7) is 0.502. The standard InChI is InChI=1S/C11H8ClFN4S/c12-6-3-9-8(4-7(6)13)16-11(14)17(9)5-10-15-1-2-18-10/h1-4H,5H2,(H2,14,16). The minimum Gasteiger partial charge on any atom is -0.369 e. The lowest BCUT2D eigenvalue weighted by Gasteiger charge is -2.04. The smallest absolute Gasteiger partial charge is 0.201 e. The van der Waals surface area contributed by atoms with Crippen LogP contribution in [0.4, 0.5) is 10.3 Å². The maximum Gasteiger partial charge on any atom is 0.201 e. The van der Waals surface area contributed by atoms with Crippen LogP contribution in [0.2, 0.25) is 5.02 Å². The monoisotopic (exact) mass is 282 g/mol. The fourth-order valence-corrected chi connectivity index (χ4v) is 2.53. The first-order valence-electron chi connectivity index (χ1n) is 5.14. The minimum absolute atomic E-state index is 0.0581. The Hall–Kier alpha value is -1.66. The molecule has 2 N–H and O–H groups in total. The van der Waals surface area contributed by atoms with Gasteiger partial charge < -0.3 is 10.3 Å². The number of thiazole rings is 1. The lowest BCUT2D eigenvalue weighted by Crippen LogP contribution is -2.04. The molecule has 7 heteroatoms. The van der Waals surface area contributed by atoms with Gasteiger partial charge in [-0.2, -0.15) is 0 Å². The molecule has 0 aliphatic carbocycles. The number of anilines is 1. The molecule has 0 spiro atoms. The van der Waals surface area contributed by atoms with Crippen LogP contribution in [0.5, 0.6) is 0 Å². The zero-order chi connectivity index (χ0) is 12.7. The molecule has 0 atom stereocenters. The van der Waals surface area contributed by atoms with Gasteiger partial charge in [-0.05, 0) is 6.07 Å². The minimum atomic E-state index is -0.497. The van der Waals surface area contributed by atoms with Crippen molar-refractivity contribution in [3.05, 3.63) is 39.6 Å². The van der Waals surface area contributed by atoms with Gasteiger partial charge in [0.25, 0.3) is 0 Å². The number of hydrogen-bond donors (Lipinski definition) is 1. The second kappa shape index (κ2) is 4.22. The maximum absolute atomic E-state index is 13.3. The van der Waals surface area contributed by atoms with E-state index < -0.39 is 5.82 Å². The van der Waals surface area contributed by atoms with Crippen LogP contribution in [0.25, 0.3) is 11.0 Å². The molecular formula is C11H8ClFN4S. The van der Waals surface area contributed by atoms with Gasteiger partial charge in [0.2, 0.25) is 5.95 Å². The molecule has 3 rings (SSSR count). The van der Waals surface area contributed by atoms with E-state index in [1.54, 1.807) is 10.8 Å². The number of nitrogens with zero attached hydrogens (tertiary/aromatic N) is 3. The first kappa shape index (κ1) is 11.4. The highest BCUT2D eigenvalue weighted by Crippen LogP contribution is 2.25. The van der Waals surface area contributed by atoms with Crippen LogP contribution in [-0.4, -0.2) is 14.5 Å². The lowest BCUT2D eigenvalue weighted by molar-refractivity contribution is 0.629. The van der Waals surface area contributed by atoms with Crippen molar-refractivity contribution in [2.24, 2.45) is 0 Å². The Labute approximate surface area is 111 Å². The van der Waals surface area contributed by atoms with E-state index in [1.807, 2.05) is 5.38 Å². The normalized spacial score (nSPS) is 11.2. The largest absolute Gasteiger partial charge is 0.369 e. The summed E-state index contributed by atoms with van der Waals surface area (Å²) in [5, 5.41) is 2.85. The average molecular weight is 283 g/mol. The van der Waals surface area contributed by atoms with E-state index in [-0.39, 0.29) is 5.02 Å². The first-order chi connectivity index (χ1) is 8.65. The number of hydrogen-bond acceptors (Lipinski definition) is 4. The summed E-state index contributed by atoms with van der Waals surface area (Å²) < 4.78 is 15.1. The predicted molar refractivity (Wildman–Crippen MR) is 70.3 cm³/mol. The van der Waals surface area contributed by atoms with E-state index in [0.29, 0.717) is 23.5 Å². The van der Waals surface area contributed by atoms with Gasteiger partial charge in [-0.1, -0.05) is 11.6 Å². The number of halogens is 2. The Bertz CT molecular complexity index is 707. The molecule has 0 radical (unpaired) electrons. The van der Waals surface area contributed by atoms with Crippen molar-refractivity contribution < 1.29 is 4.39 Å². The molecule has 0 fully saturated rings. The molecule has 4 nitrogen and oxygen atoms in total. The molecule has 0 unspecified atom stereocenters. The third kappa shape index (κ3) is 1.83. The quantitative estimate of drug-likeness (QED) is 0.786. The van der Waals surface area contributed by atoms with Crippen molar-refractivity contribution in [1.82, 2.24) is 14.5 Å². The molecule has 0 aliphatic heterocycles. The molecular weight excluding hydrogens is 275 g/mol. The molecule has 0 bridgehead atoms. The van der Waals surface area contributed by atoms with Crippen LogP contribution in [-0.2, 0) is 6.54 Å². The van der Waals surface area contributed by atoms with E-state index in [0.717, 1.165) is 5.01 Å². The van der Waals surface area contributed by atoms with Crippen molar-refractivity contribution in [1.29, 1.82) is 0 Å². The molecule has 18 heavy (non-hydrogen) atoms. The third-order valence-electron chi connectivity index (χ3n) is 2.60. The summed E-state index contributed by atoms with van der Waals surface area (Å²) >= 11 is 7.30.